The molecular formula is C22H18. The van der Waals surface area contributed by atoms with Gasteiger partial charge in [0.05, 0.1) is 0 Å². The third kappa shape index (κ3) is 4.86. The van der Waals surface area contributed by atoms with Crippen LogP contribution in [0.2, 0.25) is 0 Å². The van der Waals surface area contributed by atoms with Crippen molar-refractivity contribution in [2.24, 2.45) is 0 Å². The molecule has 0 nitrogen and oxygen atoms in total. The summed E-state index contributed by atoms with van der Waals surface area (Å²) in [7, 11) is 0. The summed E-state index contributed by atoms with van der Waals surface area (Å²) < 4.78 is 0. The molecule has 0 heteroatoms. The molecule has 106 valence electrons. The minimum absolute atomic E-state index is 0.884. The van der Waals surface area contributed by atoms with Crippen LogP contribution in [0.5, 0.6) is 0 Å². The highest BCUT2D eigenvalue weighted by Crippen LogP contribution is 2.05. The molecule has 0 spiro atoms. The molecule has 0 unspecified atom stereocenters. The summed E-state index contributed by atoms with van der Waals surface area (Å²) in [5.41, 5.74) is 4.43. The summed E-state index contributed by atoms with van der Waals surface area (Å²) in [6.45, 7) is 7.46. The Balaban J connectivity index is 2.01. The molecular weight excluding hydrogens is 264 g/mol. The molecule has 2 aromatic carbocycles. The zero-order chi connectivity index (χ0) is 15.6. The Bertz CT molecular complexity index is 682. The van der Waals surface area contributed by atoms with Gasteiger partial charge < -0.3 is 0 Å². The Labute approximate surface area is 133 Å². The Morgan fingerprint density at radius 1 is 0.636 bits per heavy atom. The van der Waals surface area contributed by atoms with Gasteiger partial charge in [-0.3, -0.25) is 0 Å². The molecule has 0 saturated heterocycles. The molecule has 0 aliphatic rings. The molecule has 2 aromatic rings. The van der Waals surface area contributed by atoms with Crippen LogP contribution in [-0.2, 0) is 12.8 Å². The van der Waals surface area contributed by atoms with E-state index >= 15 is 0 Å². The van der Waals surface area contributed by atoms with E-state index in [4.69, 9.17) is 0 Å². The first kappa shape index (κ1) is 15.4. The van der Waals surface area contributed by atoms with Crippen LogP contribution in [0, 0.1) is 23.7 Å². The molecule has 0 atom stereocenters. The van der Waals surface area contributed by atoms with Crippen LogP contribution in [0.25, 0.3) is 0 Å². The fourth-order valence-corrected chi connectivity index (χ4v) is 1.99. The van der Waals surface area contributed by atoms with Crippen molar-refractivity contribution in [3.63, 3.8) is 0 Å². The van der Waals surface area contributed by atoms with E-state index < -0.39 is 0 Å². The molecule has 0 amide bonds. The highest BCUT2D eigenvalue weighted by atomic mass is 13.9. The molecule has 0 aromatic heterocycles. The van der Waals surface area contributed by atoms with E-state index in [0.29, 0.717) is 0 Å². The van der Waals surface area contributed by atoms with E-state index in [2.05, 4.69) is 61.1 Å². The highest BCUT2D eigenvalue weighted by Gasteiger charge is 1.90. The Hall–Kier alpha value is -2.96. The number of hydrogen-bond donors (Lipinski definition) is 0. The fraction of sp³-hybridized carbons (Fsp3) is 0.0909. The lowest BCUT2D eigenvalue weighted by molar-refractivity contribution is 1.27. The van der Waals surface area contributed by atoms with Gasteiger partial charge in [-0.25, -0.2) is 0 Å². The van der Waals surface area contributed by atoms with Crippen molar-refractivity contribution in [2.45, 2.75) is 12.8 Å². The minimum atomic E-state index is 0.884. The van der Waals surface area contributed by atoms with Gasteiger partial charge in [-0.05, 0) is 60.1 Å². The van der Waals surface area contributed by atoms with Crippen LogP contribution < -0.4 is 0 Å². The minimum Gasteiger partial charge on any atom is -0.103 e. The maximum atomic E-state index is 3.73. The van der Waals surface area contributed by atoms with Gasteiger partial charge in [0.15, 0.2) is 0 Å². The van der Waals surface area contributed by atoms with E-state index in [1.165, 1.54) is 11.1 Å². The second-order valence-electron chi connectivity index (χ2n) is 4.88. The second kappa shape index (κ2) is 8.35. The first-order valence-electron chi connectivity index (χ1n) is 7.23. The zero-order valence-electron chi connectivity index (χ0n) is 12.6. The topological polar surface area (TPSA) is 0 Å². The number of allylic oxidation sites excluding steroid dienone is 2. The fourth-order valence-electron chi connectivity index (χ4n) is 1.99. The molecule has 2 rings (SSSR count). The summed E-state index contributed by atoms with van der Waals surface area (Å²) in [6, 6.07) is 16.3. The van der Waals surface area contributed by atoms with Gasteiger partial charge in [0, 0.05) is 11.1 Å². The van der Waals surface area contributed by atoms with Crippen molar-refractivity contribution >= 4 is 0 Å². The van der Waals surface area contributed by atoms with Crippen LogP contribution in [-0.4, -0.2) is 0 Å². The van der Waals surface area contributed by atoms with Crippen molar-refractivity contribution in [3.05, 3.63) is 96.1 Å². The van der Waals surface area contributed by atoms with Crippen LogP contribution in [0.1, 0.15) is 22.3 Å². The highest BCUT2D eigenvalue weighted by molar-refractivity contribution is 5.45. The van der Waals surface area contributed by atoms with Gasteiger partial charge in [-0.15, -0.1) is 13.2 Å². The molecule has 0 aliphatic carbocycles. The third-order valence-electron chi connectivity index (χ3n) is 3.14. The lowest BCUT2D eigenvalue weighted by Gasteiger charge is -1.95. The van der Waals surface area contributed by atoms with Crippen LogP contribution in [0.4, 0.5) is 0 Å². The molecule has 0 fully saturated rings. The van der Waals surface area contributed by atoms with Gasteiger partial charge in [-0.2, -0.15) is 0 Å². The van der Waals surface area contributed by atoms with Gasteiger partial charge in [0.2, 0.25) is 0 Å². The maximum absolute atomic E-state index is 3.73. The van der Waals surface area contributed by atoms with Gasteiger partial charge in [0.1, 0.15) is 0 Å². The summed E-state index contributed by atoms with van der Waals surface area (Å²) in [5, 5.41) is 0. The van der Waals surface area contributed by atoms with Crippen molar-refractivity contribution in [2.75, 3.05) is 0 Å². The molecule has 0 heterocycles. The van der Waals surface area contributed by atoms with Gasteiger partial charge in [-0.1, -0.05) is 48.3 Å². The predicted octanol–water partition coefficient (Wildman–Crippen LogP) is 4.55. The van der Waals surface area contributed by atoms with Gasteiger partial charge >= 0.3 is 0 Å². The van der Waals surface area contributed by atoms with E-state index in [1.54, 1.807) is 0 Å². The van der Waals surface area contributed by atoms with E-state index in [1.807, 2.05) is 36.4 Å². The first-order valence-corrected chi connectivity index (χ1v) is 7.23. The van der Waals surface area contributed by atoms with E-state index in [0.717, 1.165) is 24.0 Å². The van der Waals surface area contributed by atoms with E-state index in [9.17, 15) is 0 Å². The summed E-state index contributed by atoms with van der Waals surface area (Å²) >= 11 is 0. The largest absolute Gasteiger partial charge is 0.103 e. The standard InChI is InChI=1S/C22H18/c1-3-7-19-11-15-21(16-12-19)9-5-6-10-22-17-13-20(8-4-2)14-18-22/h3-4,11-18H,1-2,7-8H2. The lowest BCUT2D eigenvalue weighted by Crippen LogP contribution is -1.81. The smallest absolute Gasteiger partial charge is 0.0255 e. The SMILES string of the molecule is C=CCc1ccc(C#CC#Cc2ccc(CC=C)cc2)cc1. The van der Waals surface area contributed by atoms with Crippen molar-refractivity contribution < 1.29 is 0 Å². The molecule has 22 heavy (non-hydrogen) atoms. The number of benzene rings is 2. The molecule has 0 aliphatic heterocycles. The number of rotatable bonds is 4. The third-order valence-corrected chi connectivity index (χ3v) is 3.14. The average Bonchev–Trinajstić information content (AvgIpc) is 2.55. The molecule has 0 bridgehead atoms. The lowest BCUT2D eigenvalue weighted by atomic mass is 10.1. The van der Waals surface area contributed by atoms with Crippen molar-refractivity contribution in [1.82, 2.24) is 0 Å². The van der Waals surface area contributed by atoms with Gasteiger partial charge in [0.25, 0.3) is 0 Å². The second-order valence-corrected chi connectivity index (χ2v) is 4.88. The van der Waals surface area contributed by atoms with Crippen LogP contribution in [0.3, 0.4) is 0 Å². The summed E-state index contributed by atoms with van der Waals surface area (Å²) in [4.78, 5) is 0. The Kier molecular flexibility index (Phi) is 5.86. The normalized spacial score (nSPS) is 8.91. The maximum Gasteiger partial charge on any atom is 0.0255 e. The quantitative estimate of drug-likeness (QED) is 0.570. The van der Waals surface area contributed by atoms with E-state index in [-0.39, 0.29) is 0 Å². The first-order chi connectivity index (χ1) is 10.8. The Morgan fingerprint density at radius 2 is 1.00 bits per heavy atom. The monoisotopic (exact) mass is 282 g/mol. The number of hydrogen-bond acceptors (Lipinski definition) is 0. The predicted molar refractivity (Wildman–Crippen MR) is 94.4 cm³/mol. The average molecular weight is 282 g/mol. The molecule has 0 radical (unpaired) electrons. The summed E-state index contributed by atoms with van der Waals surface area (Å²) in [6.07, 6.45) is 5.56. The zero-order valence-corrected chi connectivity index (χ0v) is 12.6. The molecule has 0 N–H and O–H groups in total. The van der Waals surface area contributed by atoms with Crippen LogP contribution in [0.15, 0.2) is 73.8 Å². The summed E-state index contributed by atoms with van der Waals surface area (Å²) in [5.74, 6) is 11.9. The van der Waals surface area contributed by atoms with Crippen molar-refractivity contribution in [1.29, 1.82) is 0 Å². The molecule has 0 saturated carbocycles. The Morgan fingerprint density at radius 3 is 1.32 bits per heavy atom. The van der Waals surface area contributed by atoms with Crippen molar-refractivity contribution in [3.8, 4) is 23.7 Å². The van der Waals surface area contributed by atoms with Crippen LogP contribution >= 0.6 is 0 Å².